The van der Waals surface area contributed by atoms with Crippen LogP contribution in [0, 0.1) is 11.8 Å². The normalized spacial score (nSPS) is 26.9. The van der Waals surface area contributed by atoms with E-state index in [1.54, 1.807) is 19.2 Å². The summed E-state index contributed by atoms with van der Waals surface area (Å²) in [4.78, 5) is 44.1. The van der Waals surface area contributed by atoms with E-state index < -0.39 is 24.0 Å². The van der Waals surface area contributed by atoms with Gasteiger partial charge in [-0.15, -0.1) is 23.1 Å². The number of carbonyl (C=O) groups is 3. The van der Waals surface area contributed by atoms with Crippen LogP contribution in [0.5, 0.6) is 0 Å². The number of aromatic nitrogens is 1. The maximum absolute atomic E-state index is 12.4. The van der Waals surface area contributed by atoms with Crippen LogP contribution in [-0.2, 0) is 14.3 Å². The van der Waals surface area contributed by atoms with Gasteiger partial charge in [0.15, 0.2) is 10.8 Å². The number of fused-ring (bicyclic) bond motifs is 1. The number of hydrogen-bond acceptors (Lipinski definition) is 10. The molecule has 162 valence electrons. The molecular weight excluding hydrogens is 430 g/mol. The molecule has 0 aromatic carbocycles. The maximum Gasteiger partial charge on any atom is 0.357 e. The molecule has 9 nitrogen and oxygen atoms in total. The lowest BCUT2D eigenvalue weighted by Crippen LogP contribution is -2.64. The lowest BCUT2D eigenvalue weighted by atomic mass is 9.79. The first-order valence-corrected chi connectivity index (χ1v) is 11.5. The van der Waals surface area contributed by atoms with E-state index >= 15 is 0 Å². The Morgan fingerprint density at radius 2 is 2.17 bits per heavy atom. The third-order valence-electron chi connectivity index (χ3n) is 5.69. The molecule has 4 atom stereocenters. The van der Waals surface area contributed by atoms with Crippen molar-refractivity contribution in [2.75, 3.05) is 24.6 Å². The molecule has 3 aliphatic heterocycles. The summed E-state index contributed by atoms with van der Waals surface area (Å²) in [5.41, 5.74) is 0.225. The fraction of sp³-hybridized carbons (Fsp3) is 0.579. The summed E-state index contributed by atoms with van der Waals surface area (Å²) in [6.45, 7) is 6.77. The Morgan fingerprint density at radius 1 is 1.47 bits per heavy atom. The Balaban J connectivity index is 1.43. The molecule has 1 aromatic rings. The van der Waals surface area contributed by atoms with Crippen LogP contribution < -0.4 is 10.0 Å². The van der Waals surface area contributed by atoms with Gasteiger partial charge in [-0.2, -0.15) is 0 Å². The molecule has 0 aliphatic carbocycles. The number of carboxylic acids is 1. The monoisotopic (exact) mass is 452 g/mol. The van der Waals surface area contributed by atoms with Crippen LogP contribution >= 0.6 is 23.1 Å². The minimum Gasteiger partial charge on any atom is -0.543 e. The zero-order valence-electron chi connectivity index (χ0n) is 16.7. The predicted molar refractivity (Wildman–Crippen MR) is 109 cm³/mol. The fourth-order valence-corrected chi connectivity index (χ4v) is 6.56. The lowest BCUT2D eigenvalue weighted by molar-refractivity contribution is -0.301. The largest absolute Gasteiger partial charge is 0.543 e. The summed E-state index contributed by atoms with van der Waals surface area (Å²) in [5.74, 6) is -2.93. The van der Waals surface area contributed by atoms with E-state index in [0.29, 0.717) is 24.6 Å². The Kier molecular flexibility index (Phi) is 5.54. The molecule has 4 rings (SSSR count). The molecule has 3 aliphatic rings. The fourth-order valence-electron chi connectivity index (χ4n) is 4.23. The van der Waals surface area contributed by atoms with E-state index in [1.165, 1.54) is 28.0 Å². The Morgan fingerprint density at radius 3 is 2.77 bits per heavy atom. The van der Waals surface area contributed by atoms with Crippen LogP contribution in [0.4, 0.5) is 5.13 Å². The van der Waals surface area contributed by atoms with Gasteiger partial charge in [-0.25, -0.2) is 9.78 Å². The number of carboxylic acid groups (broad SMARTS) is 1. The number of amides is 1. The van der Waals surface area contributed by atoms with Crippen LogP contribution in [0.2, 0.25) is 0 Å². The van der Waals surface area contributed by atoms with Crippen molar-refractivity contribution in [1.82, 2.24) is 9.88 Å². The molecule has 0 saturated carbocycles. The average Bonchev–Trinajstić information content (AvgIpc) is 3.20. The molecule has 0 radical (unpaired) electrons. The summed E-state index contributed by atoms with van der Waals surface area (Å²) >= 11 is 2.81. The van der Waals surface area contributed by atoms with Gasteiger partial charge >= 0.3 is 5.97 Å². The molecule has 1 N–H and O–H groups in total. The number of thiazole rings is 1. The number of aliphatic hydroxyl groups is 1. The number of hydrogen-bond donors (Lipinski definition) is 1. The average molecular weight is 453 g/mol. The second-order valence-electron chi connectivity index (χ2n) is 7.63. The third kappa shape index (κ3) is 3.28. The SMILES string of the molecule is CCOC(=O)c1csc(N2CC(SC3=C(C(=O)[O-])N4C(=O)[C@H]([C@@H](C)O)[C@H]4[C@H]3C)C2)n1. The zero-order valence-corrected chi connectivity index (χ0v) is 18.4. The van der Waals surface area contributed by atoms with Crippen LogP contribution in [0.15, 0.2) is 16.0 Å². The van der Waals surface area contributed by atoms with Gasteiger partial charge in [-0.3, -0.25) is 4.79 Å². The maximum atomic E-state index is 12.4. The van der Waals surface area contributed by atoms with Gasteiger partial charge in [0.2, 0.25) is 5.91 Å². The van der Waals surface area contributed by atoms with Crippen LogP contribution in [0.3, 0.4) is 0 Å². The number of aliphatic carboxylic acids is 1. The molecule has 0 unspecified atom stereocenters. The summed E-state index contributed by atoms with van der Waals surface area (Å²) < 4.78 is 4.95. The van der Waals surface area contributed by atoms with Crippen molar-refractivity contribution in [2.45, 2.75) is 38.2 Å². The highest BCUT2D eigenvalue weighted by Gasteiger charge is 2.59. The summed E-state index contributed by atoms with van der Waals surface area (Å²) in [6.07, 6.45) is -0.828. The standard InChI is InChI=1S/C19H23N3O6S2/c1-4-28-18(27)11-7-29-19(20-11)21-5-10(6-21)30-15-8(2)13-12(9(3)23)16(24)22(13)14(15)17(25)26/h7-10,12-13,23H,4-6H2,1-3H3,(H,25,26)/p-1/t8-,9-,12-,13-/m1/s1. The van der Waals surface area contributed by atoms with Crippen LogP contribution in [0.1, 0.15) is 31.3 Å². The van der Waals surface area contributed by atoms with Crippen molar-refractivity contribution < 1.29 is 29.3 Å². The molecule has 0 bridgehead atoms. The van der Waals surface area contributed by atoms with E-state index in [1.807, 2.05) is 11.8 Å². The number of carbonyl (C=O) groups excluding carboxylic acids is 3. The number of esters is 1. The minimum absolute atomic E-state index is 0.0586. The molecule has 11 heteroatoms. The topological polar surface area (TPSA) is 123 Å². The highest BCUT2D eigenvalue weighted by atomic mass is 32.2. The van der Waals surface area contributed by atoms with Gasteiger partial charge in [0, 0.05) is 34.5 Å². The lowest BCUT2D eigenvalue weighted by Gasteiger charge is -2.47. The van der Waals surface area contributed by atoms with E-state index in [2.05, 4.69) is 4.98 Å². The van der Waals surface area contributed by atoms with Gasteiger partial charge in [0.05, 0.1) is 36.3 Å². The molecule has 30 heavy (non-hydrogen) atoms. The molecular formula is C19H22N3O6S2-. The van der Waals surface area contributed by atoms with Gasteiger partial charge in [0.25, 0.3) is 0 Å². The van der Waals surface area contributed by atoms with Gasteiger partial charge in [0.1, 0.15) is 0 Å². The zero-order chi connectivity index (χ0) is 21.7. The van der Waals surface area contributed by atoms with Crippen molar-refractivity contribution in [3.8, 4) is 0 Å². The van der Waals surface area contributed by atoms with Crippen molar-refractivity contribution in [1.29, 1.82) is 0 Å². The second kappa shape index (κ2) is 7.86. The second-order valence-corrected chi connectivity index (χ2v) is 9.81. The number of aliphatic hydroxyl groups excluding tert-OH is 1. The Labute approximate surface area is 181 Å². The van der Waals surface area contributed by atoms with Gasteiger partial charge in [-0.1, -0.05) is 6.92 Å². The van der Waals surface area contributed by atoms with E-state index in [9.17, 15) is 24.6 Å². The predicted octanol–water partition coefficient (Wildman–Crippen LogP) is 0.0606. The Hall–Kier alpha value is -2.11. The van der Waals surface area contributed by atoms with E-state index in [0.717, 1.165) is 5.13 Å². The number of rotatable bonds is 7. The summed E-state index contributed by atoms with van der Waals surface area (Å²) in [6, 6.07) is -0.338. The molecule has 1 aromatic heterocycles. The summed E-state index contributed by atoms with van der Waals surface area (Å²) in [7, 11) is 0. The molecule has 2 fully saturated rings. The summed E-state index contributed by atoms with van der Waals surface area (Å²) in [5, 5.41) is 24.2. The molecule has 0 spiro atoms. The molecule has 2 saturated heterocycles. The first kappa shape index (κ1) is 21.1. The van der Waals surface area contributed by atoms with E-state index in [-0.39, 0.29) is 34.5 Å². The number of thioether (sulfide) groups is 1. The van der Waals surface area contributed by atoms with Crippen LogP contribution in [0.25, 0.3) is 0 Å². The van der Waals surface area contributed by atoms with Crippen molar-refractivity contribution >= 4 is 46.1 Å². The quantitative estimate of drug-likeness (QED) is 0.452. The molecule has 4 heterocycles. The minimum atomic E-state index is -1.36. The first-order chi connectivity index (χ1) is 14.2. The third-order valence-corrected chi connectivity index (χ3v) is 8.04. The van der Waals surface area contributed by atoms with Gasteiger partial charge in [-0.05, 0) is 13.8 Å². The van der Waals surface area contributed by atoms with Crippen LogP contribution in [-0.4, -0.2) is 69.9 Å². The first-order valence-electron chi connectivity index (χ1n) is 9.75. The number of ether oxygens (including phenoxy) is 1. The van der Waals surface area contributed by atoms with Crippen molar-refractivity contribution in [2.24, 2.45) is 11.8 Å². The smallest absolute Gasteiger partial charge is 0.357 e. The number of nitrogens with zero attached hydrogens (tertiary/aromatic N) is 3. The Bertz CT molecular complexity index is 923. The van der Waals surface area contributed by atoms with Crippen molar-refractivity contribution in [3.05, 3.63) is 21.7 Å². The number of anilines is 1. The highest BCUT2D eigenvalue weighted by molar-refractivity contribution is 8.03. The van der Waals surface area contributed by atoms with Gasteiger partial charge < -0.3 is 29.5 Å². The number of β-lactam (4-membered cyclic amide) rings is 1. The van der Waals surface area contributed by atoms with Crippen molar-refractivity contribution in [3.63, 3.8) is 0 Å². The van der Waals surface area contributed by atoms with E-state index in [4.69, 9.17) is 4.74 Å². The molecule has 1 amide bonds. The highest BCUT2D eigenvalue weighted by Crippen LogP contribution is 2.52.